The third kappa shape index (κ3) is 4.30. The summed E-state index contributed by atoms with van der Waals surface area (Å²) in [4.78, 5) is 25.7. The van der Waals surface area contributed by atoms with E-state index in [0.29, 0.717) is 17.4 Å². The van der Waals surface area contributed by atoms with Crippen molar-refractivity contribution in [3.05, 3.63) is 76.0 Å². The maximum atomic E-state index is 13.0. The van der Waals surface area contributed by atoms with Crippen LogP contribution in [0.2, 0.25) is 0 Å². The Labute approximate surface area is 185 Å². The lowest BCUT2D eigenvalue weighted by molar-refractivity contribution is -0.118. The lowest BCUT2D eigenvalue weighted by Gasteiger charge is -2.31. The van der Waals surface area contributed by atoms with E-state index in [0.717, 1.165) is 41.7 Å². The van der Waals surface area contributed by atoms with Crippen LogP contribution in [0.3, 0.4) is 0 Å². The third-order valence-corrected chi connectivity index (χ3v) is 7.29. The molecule has 1 aliphatic heterocycles. The average molecular weight is 417 g/mol. The molecule has 0 radical (unpaired) electrons. The smallest absolute Gasteiger partial charge is 0.255 e. The summed E-state index contributed by atoms with van der Waals surface area (Å²) in [5, 5.41) is 6.20. The number of allylic oxidation sites excluding steroid dienone is 5. The molecular formula is C27H32N2O2. The number of hydrogen-bond donors (Lipinski definition) is 2. The molecule has 31 heavy (non-hydrogen) atoms. The van der Waals surface area contributed by atoms with E-state index in [2.05, 4.69) is 50.5 Å². The zero-order valence-electron chi connectivity index (χ0n) is 18.9. The van der Waals surface area contributed by atoms with Gasteiger partial charge in [0.05, 0.1) is 0 Å². The zero-order chi connectivity index (χ0) is 22.1. The summed E-state index contributed by atoms with van der Waals surface area (Å²) >= 11 is 0. The van der Waals surface area contributed by atoms with E-state index in [9.17, 15) is 9.59 Å². The second kappa shape index (κ2) is 8.70. The van der Waals surface area contributed by atoms with Gasteiger partial charge in [-0.25, -0.2) is 0 Å². The number of rotatable bonds is 3. The van der Waals surface area contributed by atoms with Crippen LogP contribution in [-0.2, 0) is 4.79 Å². The molecule has 4 rings (SSSR count). The van der Waals surface area contributed by atoms with E-state index in [4.69, 9.17) is 0 Å². The Balaban J connectivity index is 1.62. The summed E-state index contributed by atoms with van der Waals surface area (Å²) in [6.45, 7) is 8.69. The minimum atomic E-state index is -0.0953. The third-order valence-electron chi connectivity index (χ3n) is 7.29. The molecule has 4 atom stereocenters. The highest BCUT2D eigenvalue weighted by atomic mass is 16.2. The van der Waals surface area contributed by atoms with Gasteiger partial charge in [0.1, 0.15) is 0 Å². The molecule has 3 aliphatic rings. The summed E-state index contributed by atoms with van der Waals surface area (Å²) < 4.78 is 0. The van der Waals surface area contributed by atoms with E-state index in [1.807, 2.05) is 36.4 Å². The van der Waals surface area contributed by atoms with Crippen molar-refractivity contribution in [2.75, 3.05) is 0 Å². The van der Waals surface area contributed by atoms with Gasteiger partial charge in [0.2, 0.25) is 5.91 Å². The Morgan fingerprint density at radius 1 is 1.23 bits per heavy atom. The van der Waals surface area contributed by atoms with Crippen molar-refractivity contribution in [2.45, 2.75) is 58.9 Å². The molecule has 162 valence electrons. The molecule has 2 amide bonds. The van der Waals surface area contributed by atoms with E-state index < -0.39 is 0 Å². The Bertz CT molecular complexity index is 1030. The quantitative estimate of drug-likeness (QED) is 0.706. The number of amides is 2. The fourth-order valence-electron chi connectivity index (χ4n) is 4.97. The van der Waals surface area contributed by atoms with Crippen molar-refractivity contribution in [2.24, 2.45) is 11.8 Å². The summed E-state index contributed by atoms with van der Waals surface area (Å²) in [5.74, 6) is 0.911. The predicted octanol–water partition coefficient (Wildman–Crippen LogP) is 5.26. The minimum Gasteiger partial charge on any atom is -0.350 e. The Hall–Kier alpha value is -2.88. The van der Waals surface area contributed by atoms with Gasteiger partial charge >= 0.3 is 0 Å². The molecule has 0 aromatic heterocycles. The number of hydrogen-bond acceptors (Lipinski definition) is 2. The lowest BCUT2D eigenvalue weighted by Crippen LogP contribution is -2.37. The van der Waals surface area contributed by atoms with E-state index in [1.54, 1.807) is 0 Å². The summed E-state index contributed by atoms with van der Waals surface area (Å²) in [6, 6.07) is 6.01. The number of benzene rings is 1. The van der Waals surface area contributed by atoms with Gasteiger partial charge in [-0.05, 0) is 79.4 Å². The molecule has 2 aliphatic carbocycles. The van der Waals surface area contributed by atoms with Crippen molar-refractivity contribution in [3.8, 4) is 0 Å². The van der Waals surface area contributed by atoms with Crippen LogP contribution in [0.5, 0.6) is 0 Å². The molecular weight excluding hydrogens is 384 g/mol. The molecule has 1 fully saturated rings. The van der Waals surface area contributed by atoms with Crippen molar-refractivity contribution in [1.29, 1.82) is 0 Å². The first-order valence-electron chi connectivity index (χ1n) is 11.4. The fourth-order valence-corrected chi connectivity index (χ4v) is 4.97. The highest BCUT2D eigenvalue weighted by Crippen LogP contribution is 2.42. The number of nitrogens with one attached hydrogen (secondary N) is 2. The molecule has 4 unspecified atom stereocenters. The second-order valence-electron chi connectivity index (χ2n) is 9.15. The minimum absolute atomic E-state index is 0.0378. The van der Waals surface area contributed by atoms with Crippen LogP contribution >= 0.6 is 0 Å². The van der Waals surface area contributed by atoms with Gasteiger partial charge in [0.25, 0.3) is 5.91 Å². The van der Waals surface area contributed by atoms with Crippen LogP contribution in [0.1, 0.15) is 74.4 Å². The van der Waals surface area contributed by atoms with Crippen LogP contribution in [0.4, 0.5) is 0 Å². The molecule has 2 N–H and O–H groups in total. The van der Waals surface area contributed by atoms with E-state index in [1.165, 1.54) is 5.57 Å². The zero-order valence-corrected chi connectivity index (χ0v) is 18.9. The lowest BCUT2D eigenvalue weighted by atomic mass is 9.75. The van der Waals surface area contributed by atoms with Crippen LogP contribution in [0, 0.1) is 11.8 Å². The van der Waals surface area contributed by atoms with Gasteiger partial charge in [0, 0.05) is 22.9 Å². The van der Waals surface area contributed by atoms with Crippen molar-refractivity contribution >= 4 is 17.9 Å². The Morgan fingerprint density at radius 3 is 2.81 bits per heavy atom. The molecule has 1 heterocycles. The molecule has 4 heteroatoms. The van der Waals surface area contributed by atoms with Gasteiger partial charge in [-0.3, -0.25) is 9.59 Å². The van der Waals surface area contributed by atoms with Crippen LogP contribution < -0.4 is 10.6 Å². The Morgan fingerprint density at radius 2 is 2.03 bits per heavy atom. The van der Waals surface area contributed by atoms with Gasteiger partial charge in [-0.1, -0.05) is 50.6 Å². The van der Waals surface area contributed by atoms with Crippen LogP contribution in [0.15, 0.2) is 59.3 Å². The molecule has 2 bridgehead atoms. The standard InChI is InChI=1S/C27H32N2O2/c1-5-19-7-6-8-23(12-9-19)29-26(30)21-11-10-20-13-22-15-24(17(3)25(20)14-21)16(2)18(4)28-27(22)31/h6-8,10-14,16-18,24H,5,9,15H2,1-4H3,(H,28,31)(H,29,30). The predicted molar refractivity (Wildman–Crippen MR) is 125 cm³/mol. The van der Waals surface area contributed by atoms with Crippen LogP contribution in [-0.4, -0.2) is 17.9 Å². The maximum absolute atomic E-state index is 13.0. The first-order valence-corrected chi connectivity index (χ1v) is 11.4. The topological polar surface area (TPSA) is 58.2 Å². The van der Waals surface area contributed by atoms with E-state index >= 15 is 0 Å². The molecule has 0 saturated carbocycles. The van der Waals surface area contributed by atoms with Gasteiger partial charge in [-0.15, -0.1) is 0 Å². The number of fused-ring (bicyclic) bond motifs is 3. The van der Waals surface area contributed by atoms with Crippen LogP contribution in [0.25, 0.3) is 6.08 Å². The average Bonchev–Trinajstić information content (AvgIpc) is 3.11. The van der Waals surface area contributed by atoms with E-state index in [-0.39, 0.29) is 23.8 Å². The molecule has 4 nitrogen and oxygen atoms in total. The van der Waals surface area contributed by atoms with Gasteiger partial charge in [-0.2, -0.15) is 0 Å². The number of carbonyl (C=O) groups is 2. The molecule has 1 aromatic carbocycles. The maximum Gasteiger partial charge on any atom is 0.255 e. The van der Waals surface area contributed by atoms with Crippen molar-refractivity contribution in [1.82, 2.24) is 10.6 Å². The number of carbonyl (C=O) groups excluding carboxylic acids is 2. The normalized spacial score (nSPS) is 27.5. The fraction of sp³-hybridized carbons (Fsp3) is 0.407. The first kappa shape index (κ1) is 21.4. The highest BCUT2D eigenvalue weighted by Gasteiger charge is 2.37. The SMILES string of the molecule is CCC1=CC=CC(NC(=O)c2ccc3c(c2)C(C)C2CC(=C3)C(=O)NC(C)C2C)=CC1. The van der Waals surface area contributed by atoms with Crippen molar-refractivity contribution < 1.29 is 9.59 Å². The first-order chi connectivity index (χ1) is 14.9. The van der Waals surface area contributed by atoms with Gasteiger partial charge < -0.3 is 10.6 Å². The summed E-state index contributed by atoms with van der Waals surface area (Å²) in [6.07, 6.45) is 12.8. The summed E-state index contributed by atoms with van der Waals surface area (Å²) in [5.41, 5.74) is 5.89. The molecule has 1 saturated heterocycles. The second-order valence-corrected chi connectivity index (χ2v) is 9.15. The summed E-state index contributed by atoms with van der Waals surface area (Å²) in [7, 11) is 0. The van der Waals surface area contributed by atoms with Gasteiger partial charge in [0.15, 0.2) is 0 Å². The molecule has 1 aromatic rings. The monoisotopic (exact) mass is 416 g/mol. The largest absolute Gasteiger partial charge is 0.350 e. The molecule has 0 spiro atoms. The highest BCUT2D eigenvalue weighted by molar-refractivity contribution is 6.00. The van der Waals surface area contributed by atoms with Crippen molar-refractivity contribution in [3.63, 3.8) is 0 Å². The Kier molecular flexibility index (Phi) is 5.99.